The summed E-state index contributed by atoms with van der Waals surface area (Å²) in [7, 11) is -3.94. The molecule has 1 aliphatic heterocycles. The third kappa shape index (κ3) is 11.9. The van der Waals surface area contributed by atoms with Crippen molar-refractivity contribution in [1.29, 1.82) is 0 Å². The molecule has 0 spiro atoms. The Kier molecular flexibility index (Phi) is 12.7. The van der Waals surface area contributed by atoms with Gasteiger partial charge in [-0.2, -0.15) is 13.1 Å². The largest absolute Gasteiger partial charge is 0.444 e. The Labute approximate surface area is 259 Å². The monoisotopic (exact) mass is 634 g/mol. The molecule has 1 saturated heterocycles. The van der Waals surface area contributed by atoms with Gasteiger partial charge < -0.3 is 20.7 Å². The van der Waals surface area contributed by atoms with Gasteiger partial charge in [0.25, 0.3) is 0 Å². The van der Waals surface area contributed by atoms with Gasteiger partial charge in [-0.1, -0.05) is 31.1 Å². The van der Waals surface area contributed by atoms with Crippen LogP contribution in [0.25, 0.3) is 0 Å². The summed E-state index contributed by atoms with van der Waals surface area (Å²) < 4.78 is 34.2. The third-order valence-electron chi connectivity index (χ3n) is 7.41. The van der Waals surface area contributed by atoms with E-state index in [2.05, 4.69) is 19.7 Å². The van der Waals surface area contributed by atoms with E-state index in [1.165, 1.54) is 4.90 Å². The molecule has 1 aliphatic carbocycles. The van der Waals surface area contributed by atoms with Gasteiger partial charge in [-0.15, -0.1) is 0 Å². The number of nitrogens with zero attached hydrogens (tertiary/aromatic N) is 2. The molecule has 0 radical (unpaired) electrons. The van der Waals surface area contributed by atoms with E-state index in [0.29, 0.717) is 45.1 Å². The van der Waals surface area contributed by atoms with Crippen LogP contribution in [0.4, 0.5) is 4.79 Å². The van der Waals surface area contributed by atoms with Crippen molar-refractivity contribution in [2.45, 2.75) is 96.2 Å². The van der Waals surface area contributed by atoms with Crippen LogP contribution < -0.4 is 20.5 Å². The second-order valence-electron chi connectivity index (χ2n) is 12.3. The lowest BCUT2D eigenvalue weighted by molar-refractivity contribution is -0.139. The lowest BCUT2D eigenvalue weighted by atomic mass is 10.0. The lowest BCUT2D eigenvalue weighted by Crippen LogP contribution is -2.53. The molecule has 2 fully saturated rings. The number of pyridine rings is 1. The summed E-state index contributed by atoms with van der Waals surface area (Å²) in [6, 6.07) is 3.90. The van der Waals surface area contributed by atoms with Gasteiger partial charge in [-0.05, 0) is 77.3 Å². The Morgan fingerprint density at radius 1 is 1.18 bits per heavy atom. The minimum atomic E-state index is -3.94. The molecule has 3 rings (SSSR count). The van der Waals surface area contributed by atoms with E-state index in [-0.39, 0.29) is 24.3 Å². The molecule has 2 aliphatic rings. The molecule has 5 N–H and O–H groups in total. The highest BCUT2D eigenvalue weighted by Gasteiger charge is 2.42. The summed E-state index contributed by atoms with van der Waals surface area (Å²) in [5.41, 5.74) is 5.52. The predicted molar refractivity (Wildman–Crippen MR) is 164 cm³/mol. The molecule has 1 aromatic rings. The zero-order chi connectivity index (χ0) is 32.3. The summed E-state index contributed by atoms with van der Waals surface area (Å²) in [6.07, 6.45) is 10.5. The fraction of sp³-hybridized carbons (Fsp3) is 0.633. The number of carbonyl (C=O) groups excluding carboxylic acids is 4. The fourth-order valence-electron chi connectivity index (χ4n) is 5.12. The van der Waals surface area contributed by atoms with Crippen molar-refractivity contribution in [2.24, 2.45) is 17.6 Å². The summed E-state index contributed by atoms with van der Waals surface area (Å²) in [5, 5.41) is 2.68. The van der Waals surface area contributed by atoms with Gasteiger partial charge in [0.05, 0.1) is 0 Å². The zero-order valence-electron chi connectivity index (χ0n) is 25.8. The molecule has 13 nitrogen and oxygen atoms in total. The van der Waals surface area contributed by atoms with Gasteiger partial charge in [0.1, 0.15) is 17.7 Å². The standard InChI is InChI=1S/C30H46N6O7S/c1-30(2,3)43-29(40)34-24(28(39)36-19-11-15-25(36)26(31)37)14-8-6-4-5-7-12-21-20-23(21)27(38)35-44(41,42)33-18-16-22-13-9-10-17-32-22/h7,9-10,12-13,17,21,23-25,33H,4-6,8,11,14-16,18-20H2,1-3H3,(H2,31,37)(H,34,40)(H,35,38)/b12-7-/t21?,23-,24-,25-/m0/s1. The predicted octanol–water partition coefficient (Wildman–Crippen LogP) is 2.09. The maximum absolute atomic E-state index is 13.3. The van der Waals surface area contributed by atoms with Crippen molar-refractivity contribution in [1.82, 2.24) is 24.6 Å². The SMILES string of the molecule is CC(C)(C)OC(=O)N[C@@H](CCCCC/C=C\C1C[C@@H]1C(=O)NS(=O)(=O)NCCc1ccccn1)C(=O)N1CCC[C@H]1C(N)=O. The van der Waals surface area contributed by atoms with Gasteiger partial charge in [0, 0.05) is 37.3 Å². The van der Waals surface area contributed by atoms with Crippen LogP contribution in [0.3, 0.4) is 0 Å². The minimum Gasteiger partial charge on any atom is -0.444 e. The number of rotatable bonds is 16. The summed E-state index contributed by atoms with van der Waals surface area (Å²) in [6.45, 7) is 5.76. The lowest BCUT2D eigenvalue weighted by Gasteiger charge is -2.28. The van der Waals surface area contributed by atoms with E-state index in [1.54, 1.807) is 39.1 Å². The van der Waals surface area contributed by atoms with Crippen LogP contribution in [0.1, 0.15) is 77.8 Å². The smallest absolute Gasteiger partial charge is 0.408 e. The van der Waals surface area contributed by atoms with E-state index in [4.69, 9.17) is 10.5 Å². The van der Waals surface area contributed by atoms with E-state index < -0.39 is 45.8 Å². The second kappa shape index (κ2) is 16.0. The number of primary amides is 1. The molecule has 44 heavy (non-hydrogen) atoms. The van der Waals surface area contributed by atoms with Crippen molar-refractivity contribution < 1.29 is 32.3 Å². The number of nitrogens with one attached hydrogen (secondary N) is 3. The Hall–Kier alpha value is -3.52. The number of alkyl carbamates (subject to hydrolysis) is 1. The molecule has 1 aromatic heterocycles. The Morgan fingerprint density at radius 2 is 1.95 bits per heavy atom. The van der Waals surface area contributed by atoms with Gasteiger partial charge in [-0.25, -0.2) is 9.52 Å². The molecule has 4 amide bonds. The number of hydrogen-bond acceptors (Lipinski definition) is 8. The maximum atomic E-state index is 13.3. The molecule has 1 saturated carbocycles. The molecular weight excluding hydrogens is 588 g/mol. The third-order valence-corrected chi connectivity index (χ3v) is 8.47. The van der Waals surface area contributed by atoms with Crippen LogP contribution in [0.5, 0.6) is 0 Å². The van der Waals surface area contributed by atoms with Crippen LogP contribution in [0.2, 0.25) is 0 Å². The first-order valence-electron chi connectivity index (χ1n) is 15.2. The minimum absolute atomic E-state index is 0.00240. The summed E-state index contributed by atoms with van der Waals surface area (Å²) in [4.78, 5) is 55.5. The Bertz CT molecular complexity index is 1280. The van der Waals surface area contributed by atoms with Crippen LogP contribution in [-0.4, -0.2) is 72.9 Å². The highest BCUT2D eigenvalue weighted by atomic mass is 32.2. The van der Waals surface area contributed by atoms with Crippen molar-refractivity contribution >= 4 is 34.0 Å². The highest BCUT2D eigenvalue weighted by Crippen LogP contribution is 2.40. The molecule has 14 heteroatoms. The number of likely N-dealkylation sites (tertiary alicyclic amines) is 1. The molecule has 0 bridgehead atoms. The van der Waals surface area contributed by atoms with E-state index in [1.807, 2.05) is 18.2 Å². The summed E-state index contributed by atoms with van der Waals surface area (Å²) in [5.74, 6) is -1.78. The molecule has 1 unspecified atom stereocenters. The highest BCUT2D eigenvalue weighted by molar-refractivity contribution is 7.88. The summed E-state index contributed by atoms with van der Waals surface area (Å²) >= 11 is 0. The second-order valence-corrected chi connectivity index (χ2v) is 13.8. The van der Waals surface area contributed by atoms with E-state index in [0.717, 1.165) is 25.0 Å². The van der Waals surface area contributed by atoms with Crippen molar-refractivity contribution in [3.63, 3.8) is 0 Å². The Balaban J connectivity index is 1.37. The van der Waals surface area contributed by atoms with Gasteiger partial charge >= 0.3 is 16.3 Å². The number of aromatic nitrogens is 1. The van der Waals surface area contributed by atoms with Crippen LogP contribution in [0.15, 0.2) is 36.5 Å². The van der Waals surface area contributed by atoms with Crippen molar-refractivity contribution in [3.8, 4) is 0 Å². The van der Waals surface area contributed by atoms with Crippen LogP contribution in [0, 0.1) is 11.8 Å². The first kappa shape index (κ1) is 35.0. The van der Waals surface area contributed by atoms with Crippen molar-refractivity contribution in [2.75, 3.05) is 13.1 Å². The topological polar surface area (TPSA) is 190 Å². The molecule has 4 atom stereocenters. The number of ether oxygens (including phenoxy) is 1. The van der Waals surface area contributed by atoms with E-state index in [9.17, 15) is 27.6 Å². The van der Waals surface area contributed by atoms with E-state index >= 15 is 0 Å². The average Bonchev–Trinajstić information content (AvgIpc) is 3.54. The van der Waals surface area contributed by atoms with Crippen molar-refractivity contribution in [3.05, 3.63) is 42.2 Å². The van der Waals surface area contributed by atoms with Gasteiger partial charge in [0.2, 0.25) is 17.7 Å². The van der Waals surface area contributed by atoms with Gasteiger partial charge in [-0.3, -0.25) is 19.4 Å². The van der Waals surface area contributed by atoms with Crippen LogP contribution in [-0.2, 0) is 35.8 Å². The van der Waals surface area contributed by atoms with Gasteiger partial charge in [0.15, 0.2) is 0 Å². The molecular formula is C30H46N6O7S. The number of nitrogens with two attached hydrogens (primary N) is 1. The number of unbranched alkanes of at least 4 members (excludes halogenated alkanes) is 3. The number of amides is 4. The maximum Gasteiger partial charge on any atom is 0.408 e. The first-order valence-corrected chi connectivity index (χ1v) is 16.7. The fourth-order valence-corrected chi connectivity index (χ4v) is 5.98. The molecule has 244 valence electrons. The van der Waals surface area contributed by atoms with Crippen LogP contribution >= 0.6 is 0 Å². The number of allylic oxidation sites excluding steroid dienone is 2. The quantitative estimate of drug-likeness (QED) is 0.157. The Morgan fingerprint density at radius 3 is 2.64 bits per heavy atom. The zero-order valence-corrected chi connectivity index (χ0v) is 26.6. The average molecular weight is 635 g/mol. The number of carbonyl (C=O) groups is 4. The first-order chi connectivity index (χ1) is 20.8. The normalized spacial score (nSPS) is 20.7. The molecule has 2 heterocycles. The number of hydrogen-bond donors (Lipinski definition) is 4. The molecule has 0 aromatic carbocycles.